The number of benzene rings is 1. The molecule has 0 aliphatic heterocycles. The zero-order chi connectivity index (χ0) is 13.2. The zero-order valence-electron chi connectivity index (χ0n) is 10.4. The highest BCUT2D eigenvalue weighted by atomic mass is 32.1. The predicted molar refractivity (Wildman–Crippen MR) is 77.9 cm³/mol. The van der Waals surface area contributed by atoms with Crippen molar-refractivity contribution in [1.29, 1.82) is 0 Å². The molecule has 5 nitrogen and oxygen atoms in total. The number of aromatic nitrogens is 4. The maximum Gasteiger partial charge on any atom is 0.202 e. The third-order valence-corrected chi connectivity index (χ3v) is 3.16. The normalized spacial score (nSPS) is 10.8. The second-order valence-corrected chi connectivity index (χ2v) is 4.60. The fraction of sp³-hybridized carbons (Fsp3) is 0.154. The summed E-state index contributed by atoms with van der Waals surface area (Å²) in [6.45, 7) is 0. The number of nitrogens with zero attached hydrogens (tertiary/aromatic N) is 2. The van der Waals surface area contributed by atoms with Crippen molar-refractivity contribution in [2.75, 3.05) is 12.4 Å². The highest BCUT2D eigenvalue weighted by molar-refractivity contribution is 7.71. The van der Waals surface area contributed by atoms with Gasteiger partial charge in [-0.05, 0) is 5.56 Å². The molecular formula is C13H13N5S. The molecule has 96 valence electrons. The largest absolute Gasteiger partial charge is 0.359 e. The monoisotopic (exact) mass is 271 g/mol. The van der Waals surface area contributed by atoms with Crippen LogP contribution in [-0.4, -0.2) is 27.0 Å². The summed E-state index contributed by atoms with van der Waals surface area (Å²) in [5.74, 6) is 1.49. The summed E-state index contributed by atoms with van der Waals surface area (Å²) in [4.78, 5) is 15.1. The Morgan fingerprint density at radius 1 is 1.16 bits per heavy atom. The Morgan fingerprint density at radius 3 is 2.68 bits per heavy atom. The van der Waals surface area contributed by atoms with E-state index in [1.807, 2.05) is 18.2 Å². The van der Waals surface area contributed by atoms with Crippen LogP contribution in [-0.2, 0) is 6.42 Å². The van der Waals surface area contributed by atoms with Crippen LogP contribution in [0.25, 0.3) is 11.2 Å². The molecule has 3 N–H and O–H groups in total. The molecule has 0 amide bonds. The lowest BCUT2D eigenvalue weighted by Crippen LogP contribution is -1.96. The van der Waals surface area contributed by atoms with Crippen molar-refractivity contribution < 1.29 is 0 Å². The van der Waals surface area contributed by atoms with Gasteiger partial charge in [0.15, 0.2) is 10.3 Å². The van der Waals surface area contributed by atoms with Crippen molar-refractivity contribution in [3.63, 3.8) is 0 Å². The van der Waals surface area contributed by atoms with E-state index in [0.717, 1.165) is 23.4 Å². The van der Waals surface area contributed by atoms with E-state index in [4.69, 9.17) is 12.2 Å². The van der Waals surface area contributed by atoms with Crippen molar-refractivity contribution in [3.05, 3.63) is 46.4 Å². The van der Waals surface area contributed by atoms with E-state index in [1.54, 1.807) is 7.05 Å². The van der Waals surface area contributed by atoms with Gasteiger partial charge in [0.05, 0.1) is 0 Å². The number of hydrogen-bond acceptors (Lipinski definition) is 4. The molecule has 0 bridgehead atoms. The first-order valence-electron chi connectivity index (χ1n) is 5.97. The van der Waals surface area contributed by atoms with E-state index in [0.29, 0.717) is 10.6 Å². The van der Waals surface area contributed by atoms with Crippen LogP contribution in [0, 0.1) is 4.64 Å². The van der Waals surface area contributed by atoms with Crippen LogP contribution in [0.1, 0.15) is 11.4 Å². The number of hydrogen-bond donors (Lipinski definition) is 3. The average Bonchev–Trinajstić information content (AvgIpc) is 2.83. The van der Waals surface area contributed by atoms with Gasteiger partial charge in [-0.15, -0.1) is 0 Å². The predicted octanol–water partition coefficient (Wildman–Crippen LogP) is 2.65. The molecule has 0 saturated heterocycles. The molecule has 2 aromatic heterocycles. The highest BCUT2D eigenvalue weighted by Crippen LogP contribution is 2.14. The first-order chi connectivity index (χ1) is 9.26. The van der Waals surface area contributed by atoms with Crippen LogP contribution in [0.5, 0.6) is 0 Å². The van der Waals surface area contributed by atoms with Crippen LogP contribution in [0.15, 0.2) is 30.3 Å². The molecule has 0 saturated carbocycles. The van der Waals surface area contributed by atoms with Gasteiger partial charge in [-0.1, -0.05) is 42.5 Å². The van der Waals surface area contributed by atoms with E-state index in [9.17, 15) is 0 Å². The maximum atomic E-state index is 5.24. The van der Waals surface area contributed by atoms with E-state index in [2.05, 4.69) is 37.4 Å². The molecule has 0 radical (unpaired) electrons. The third kappa shape index (κ3) is 2.34. The molecule has 0 spiro atoms. The molecule has 19 heavy (non-hydrogen) atoms. The molecule has 3 aromatic rings. The van der Waals surface area contributed by atoms with E-state index < -0.39 is 0 Å². The van der Waals surface area contributed by atoms with Crippen molar-refractivity contribution >= 4 is 29.3 Å². The van der Waals surface area contributed by atoms with Gasteiger partial charge >= 0.3 is 0 Å². The number of nitrogens with one attached hydrogen (secondary N) is 3. The fourth-order valence-corrected chi connectivity index (χ4v) is 2.20. The Bertz CT molecular complexity index is 760. The summed E-state index contributed by atoms with van der Waals surface area (Å²) in [6, 6.07) is 10.2. The summed E-state index contributed by atoms with van der Waals surface area (Å²) >= 11 is 5.24. The van der Waals surface area contributed by atoms with Gasteiger partial charge in [-0.3, -0.25) is 0 Å². The number of H-pyrrole nitrogens is 2. The Balaban J connectivity index is 2.02. The molecule has 0 atom stereocenters. The molecule has 1 aromatic carbocycles. The number of fused-ring (bicyclic) bond motifs is 1. The standard InChI is InChI=1S/C13H13N5S/c1-14-13-17-11-10(12(19)18-13)15-9(16-11)7-8-5-3-2-4-6-8/h2-6H,7H2,1H3,(H3,14,15,16,17,18,19). The summed E-state index contributed by atoms with van der Waals surface area (Å²) in [5.41, 5.74) is 2.71. The lowest BCUT2D eigenvalue weighted by atomic mass is 10.1. The summed E-state index contributed by atoms with van der Waals surface area (Å²) in [6.07, 6.45) is 0.743. The second kappa shape index (κ2) is 4.81. The fourth-order valence-electron chi connectivity index (χ4n) is 1.96. The number of imidazole rings is 1. The van der Waals surface area contributed by atoms with Crippen molar-refractivity contribution in [3.8, 4) is 0 Å². The summed E-state index contributed by atoms with van der Waals surface area (Å²) < 4.78 is 0.518. The average molecular weight is 271 g/mol. The van der Waals surface area contributed by atoms with E-state index >= 15 is 0 Å². The quantitative estimate of drug-likeness (QED) is 0.641. The number of rotatable bonds is 3. The molecule has 3 rings (SSSR count). The van der Waals surface area contributed by atoms with E-state index in [1.165, 1.54) is 5.56 Å². The van der Waals surface area contributed by atoms with Crippen LogP contribution in [0.4, 0.5) is 5.95 Å². The van der Waals surface area contributed by atoms with Gasteiger partial charge in [-0.25, -0.2) is 9.97 Å². The Hall–Kier alpha value is -2.21. The summed E-state index contributed by atoms with van der Waals surface area (Å²) in [5, 5.41) is 2.93. The smallest absolute Gasteiger partial charge is 0.202 e. The lowest BCUT2D eigenvalue weighted by Gasteiger charge is -1.97. The van der Waals surface area contributed by atoms with Crippen LogP contribution in [0.3, 0.4) is 0 Å². The number of anilines is 1. The molecule has 2 heterocycles. The van der Waals surface area contributed by atoms with E-state index in [-0.39, 0.29) is 0 Å². The SMILES string of the molecule is CNc1nc(=S)c2[nH]c(Cc3ccccc3)nc2[nH]1. The van der Waals surface area contributed by atoms with Crippen molar-refractivity contribution in [2.24, 2.45) is 0 Å². The minimum absolute atomic E-state index is 0.518. The Kier molecular flexibility index (Phi) is 3.00. The Labute approximate surface area is 115 Å². The van der Waals surface area contributed by atoms with Crippen LogP contribution >= 0.6 is 12.2 Å². The molecule has 6 heteroatoms. The maximum absolute atomic E-state index is 5.24. The summed E-state index contributed by atoms with van der Waals surface area (Å²) in [7, 11) is 1.79. The van der Waals surface area contributed by atoms with Crippen molar-refractivity contribution in [1.82, 2.24) is 19.9 Å². The minimum Gasteiger partial charge on any atom is -0.359 e. The van der Waals surface area contributed by atoms with Gasteiger partial charge in [-0.2, -0.15) is 0 Å². The molecule has 0 unspecified atom stereocenters. The van der Waals surface area contributed by atoms with Gasteiger partial charge in [0.1, 0.15) is 11.3 Å². The highest BCUT2D eigenvalue weighted by Gasteiger charge is 2.07. The Morgan fingerprint density at radius 2 is 1.95 bits per heavy atom. The molecule has 0 fully saturated rings. The first kappa shape index (κ1) is 11.9. The van der Waals surface area contributed by atoms with Gasteiger partial charge < -0.3 is 15.3 Å². The molecule has 0 aliphatic rings. The first-order valence-corrected chi connectivity index (χ1v) is 6.37. The van der Waals surface area contributed by atoms with Gasteiger partial charge in [0, 0.05) is 13.5 Å². The molecule has 0 aliphatic carbocycles. The topological polar surface area (TPSA) is 69.4 Å². The third-order valence-electron chi connectivity index (χ3n) is 2.87. The molecular weight excluding hydrogens is 258 g/mol. The van der Waals surface area contributed by atoms with Gasteiger partial charge in [0.2, 0.25) is 5.95 Å². The second-order valence-electron chi connectivity index (χ2n) is 4.21. The van der Waals surface area contributed by atoms with Gasteiger partial charge in [0.25, 0.3) is 0 Å². The van der Waals surface area contributed by atoms with Crippen LogP contribution < -0.4 is 5.32 Å². The lowest BCUT2D eigenvalue weighted by molar-refractivity contribution is 1.03. The van der Waals surface area contributed by atoms with Crippen LogP contribution in [0.2, 0.25) is 0 Å². The number of aromatic amines is 2. The van der Waals surface area contributed by atoms with Crippen molar-refractivity contribution in [2.45, 2.75) is 6.42 Å². The zero-order valence-corrected chi connectivity index (χ0v) is 11.2. The minimum atomic E-state index is 0.518.